The molecule has 0 bridgehead atoms. The van der Waals surface area contributed by atoms with Gasteiger partial charge in [-0.3, -0.25) is 9.78 Å². The van der Waals surface area contributed by atoms with Gasteiger partial charge in [0.15, 0.2) is 0 Å². The SMILES string of the molecule is CCSC(CC(C)=O)c1ccc(C)nc1. The minimum Gasteiger partial charge on any atom is -0.300 e. The van der Waals surface area contributed by atoms with E-state index in [0.29, 0.717) is 6.42 Å². The molecule has 1 unspecified atom stereocenters. The summed E-state index contributed by atoms with van der Waals surface area (Å²) in [4.78, 5) is 15.4. The van der Waals surface area contributed by atoms with Gasteiger partial charge in [0.25, 0.3) is 0 Å². The summed E-state index contributed by atoms with van der Waals surface area (Å²) >= 11 is 1.80. The Morgan fingerprint density at radius 1 is 1.53 bits per heavy atom. The van der Waals surface area contributed by atoms with Crippen molar-refractivity contribution in [2.75, 3.05) is 5.75 Å². The topological polar surface area (TPSA) is 30.0 Å². The van der Waals surface area contributed by atoms with Crippen LogP contribution in [0.2, 0.25) is 0 Å². The van der Waals surface area contributed by atoms with Gasteiger partial charge in [-0.15, -0.1) is 0 Å². The van der Waals surface area contributed by atoms with Crippen molar-refractivity contribution in [1.82, 2.24) is 4.98 Å². The van der Waals surface area contributed by atoms with Crippen molar-refractivity contribution in [2.24, 2.45) is 0 Å². The molecule has 0 N–H and O–H groups in total. The molecule has 82 valence electrons. The number of thioether (sulfide) groups is 1. The van der Waals surface area contributed by atoms with Gasteiger partial charge in [-0.05, 0) is 31.2 Å². The summed E-state index contributed by atoms with van der Waals surface area (Å²) in [7, 11) is 0. The number of aryl methyl sites for hydroxylation is 1. The number of pyridine rings is 1. The van der Waals surface area contributed by atoms with Gasteiger partial charge in [0, 0.05) is 23.6 Å². The van der Waals surface area contributed by atoms with Crippen LogP contribution in [0.5, 0.6) is 0 Å². The highest BCUT2D eigenvalue weighted by Crippen LogP contribution is 2.31. The van der Waals surface area contributed by atoms with E-state index in [4.69, 9.17) is 0 Å². The summed E-state index contributed by atoms with van der Waals surface area (Å²) in [5, 5.41) is 0.264. The molecule has 1 heterocycles. The Hall–Kier alpha value is -0.830. The third-order valence-corrected chi connectivity index (χ3v) is 3.32. The van der Waals surface area contributed by atoms with E-state index in [2.05, 4.69) is 18.0 Å². The maximum atomic E-state index is 11.1. The first-order valence-corrected chi connectivity index (χ1v) is 6.22. The molecule has 0 spiro atoms. The van der Waals surface area contributed by atoms with Crippen LogP contribution in [-0.2, 0) is 4.79 Å². The van der Waals surface area contributed by atoms with Gasteiger partial charge in [0.05, 0.1) is 0 Å². The molecule has 0 fully saturated rings. The summed E-state index contributed by atoms with van der Waals surface area (Å²) in [6.07, 6.45) is 2.48. The average Bonchev–Trinajstić information content (AvgIpc) is 2.17. The highest BCUT2D eigenvalue weighted by atomic mass is 32.2. The van der Waals surface area contributed by atoms with Crippen molar-refractivity contribution in [2.45, 2.75) is 32.4 Å². The molecule has 1 atom stereocenters. The molecule has 0 radical (unpaired) electrons. The molecule has 15 heavy (non-hydrogen) atoms. The van der Waals surface area contributed by atoms with Gasteiger partial charge in [0.2, 0.25) is 0 Å². The monoisotopic (exact) mass is 223 g/mol. The zero-order chi connectivity index (χ0) is 11.3. The van der Waals surface area contributed by atoms with Crippen molar-refractivity contribution >= 4 is 17.5 Å². The van der Waals surface area contributed by atoms with Gasteiger partial charge >= 0.3 is 0 Å². The number of Topliss-reactive ketones (excluding diaryl/α,β-unsaturated/α-hetero) is 1. The van der Waals surface area contributed by atoms with Crippen molar-refractivity contribution in [3.8, 4) is 0 Å². The summed E-state index contributed by atoms with van der Waals surface area (Å²) in [5.41, 5.74) is 2.17. The minimum atomic E-state index is 0.238. The summed E-state index contributed by atoms with van der Waals surface area (Å²) in [6, 6.07) is 4.07. The number of hydrogen-bond acceptors (Lipinski definition) is 3. The summed E-state index contributed by atoms with van der Waals surface area (Å²) in [6.45, 7) is 5.72. The normalized spacial score (nSPS) is 12.5. The number of carbonyl (C=O) groups excluding carboxylic acids is 1. The molecule has 0 aliphatic rings. The summed E-state index contributed by atoms with van der Waals surface area (Å²) < 4.78 is 0. The molecular weight excluding hydrogens is 206 g/mol. The Bertz CT molecular complexity index is 321. The van der Waals surface area contributed by atoms with Gasteiger partial charge in [-0.1, -0.05) is 13.0 Å². The third kappa shape index (κ3) is 4.04. The van der Waals surface area contributed by atoms with Gasteiger partial charge in [-0.25, -0.2) is 0 Å². The second-order valence-corrected chi connectivity index (χ2v) is 5.06. The molecule has 0 aliphatic carbocycles. The highest BCUT2D eigenvalue weighted by molar-refractivity contribution is 7.99. The maximum absolute atomic E-state index is 11.1. The van der Waals surface area contributed by atoms with Crippen LogP contribution in [0.3, 0.4) is 0 Å². The van der Waals surface area contributed by atoms with Crippen LogP contribution < -0.4 is 0 Å². The number of hydrogen-bond donors (Lipinski definition) is 0. The first kappa shape index (κ1) is 12.2. The number of carbonyl (C=O) groups is 1. The third-order valence-electron chi connectivity index (χ3n) is 2.15. The molecule has 2 nitrogen and oxygen atoms in total. The van der Waals surface area contributed by atoms with E-state index < -0.39 is 0 Å². The quantitative estimate of drug-likeness (QED) is 0.768. The van der Waals surface area contributed by atoms with Crippen LogP contribution in [0.15, 0.2) is 18.3 Å². The maximum Gasteiger partial charge on any atom is 0.131 e. The standard InChI is InChI=1S/C12H17NOS/c1-4-15-12(7-10(3)14)11-6-5-9(2)13-8-11/h5-6,8,12H,4,7H2,1-3H3. The zero-order valence-corrected chi connectivity index (χ0v) is 10.3. The van der Waals surface area contributed by atoms with Gasteiger partial charge < -0.3 is 0 Å². The lowest BCUT2D eigenvalue weighted by molar-refractivity contribution is -0.117. The predicted molar refractivity (Wildman–Crippen MR) is 65.1 cm³/mol. The molecule has 0 saturated carbocycles. The van der Waals surface area contributed by atoms with E-state index in [1.54, 1.807) is 18.7 Å². The van der Waals surface area contributed by atoms with Gasteiger partial charge in [0.1, 0.15) is 5.78 Å². The molecule has 1 aromatic heterocycles. The second kappa shape index (κ2) is 5.91. The van der Waals surface area contributed by atoms with E-state index in [-0.39, 0.29) is 11.0 Å². The van der Waals surface area contributed by atoms with Crippen molar-refractivity contribution in [3.05, 3.63) is 29.6 Å². The Kier molecular flexibility index (Phi) is 4.82. The zero-order valence-electron chi connectivity index (χ0n) is 9.49. The van der Waals surface area contributed by atoms with Crippen LogP contribution in [0.1, 0.15) is 36.8 Å². The lowest BCUT2D eigenvalue weighted by atomic mass is 10.1. The summed E-state index contributed by atoms with van der Waals surface area (Å²) in [5.74, 6) is 1.26. The Balaban J connectivity index is 2.78. The fourth-order valence-corrected chi connectivity index (χ4v) is 2.49. The first-order chi connectivity index (χ1) is 7.13. The van der Waals surface area contributed by atoms with Crippen molar-refractivity contribution in [3.63, 3.8) is 0 Å². The molecule has 0 amide bonds. The number of nitrogens with zero attached hydrogens (tertiary/aromatic N) is 1. The van der Waals surface area contributed by atoms with Crippen LogP contribution >= 0.6 is 11.8 Å². The predicted octanol–water partition coefficient (Wildman–Crippen LogP) is 3.16. The first-order valence-electron chi connectivity index (χ1n) is 5.17. The van der Waals surface area contributed by atoms with E-state index in [1.807, 2.05) is 19.2 Å². The Morgan fingerprint density at radius 2 is 2.27 bits per heavy atom. The average molecular weight is 223 g/mol. The van der Waals surface area contributed by atoms with Crippen LogP contribution in [0.4, 0.5) is 0 Å². The molecule has 0 saturated heterocycles. The minimum absolute atomic E-state index is 0.238. The number of ketones is 1. The van der Waals surface area contributed by atoms with E-state index >= 15 is 0 Å². The Morgan fingerprint density at radius 3 is 2.73 bits per heavy atom. The van der Waals surface area contributed by atoms with Crippen LogP contribution in [0, 0.1) is 6.92 Å². The lowest BCUT2D eigenvalue weighted by Crippen LogP contribution is -2.02. The Labute approximate surface area is 95.5 Å². The van der Waals surface area contributed by atoms with Crippen molar-refractivity contribution < 1.29 is 4.79 Å². The fraction of sp³-hybridized carbons (Fsp3) is 0.500. The number of aromatic nitrogens is 1. The molecule has 0 aliphatic heterocycles. The van der Waals surface area contributed by atoms with E-state index in [1.165, 1.54) is 0 Å². The van der Waals surface area contributed by atoms with Crippen LogP contribution in [-0.4, -0.2) is 16.5 Å². The van der Waals surface area contributed by atoms with E-state index in [9.17, 15) is 4.79 Å². The molecule has 1 aromatic rings. The molecular formula is C12H17NOS. The highest BCUT2D eigenvalue weighted by Gasteiger charge is 2.13. The van der Waals surface area contributed by atoms with Crippen molar-refractivity contribution in [1.29, 1.82) is 0 Å². The largest absolute Gasteiger partial charge is 0.300 e. The lowest BCUT2D eigenvalue weighted by Gasteiger charge is -2.14. The smallest absolute Gasteiger partial charge is 0.131 e. The molecule has 0 aromatic carbocycles. The fourth-order valence-electron chi connectivity index (χ4n) is 1.40. The van der Waals surface area contributed by atoms with Crippen LogP contribution in [0.25, 0.3) is 0 Å². The second-order valence-electron chi connectivity index (χ2n) is 3.58. The number of rotatable bonds is 5. The molecule has 3 heteroatoms. The van der Waals surface area contributed by atoms with E-state index in [0.717, 1.165) is 17.0 Å². The van der Waals surface area contributed by atoms with Gasteiger partial charge in [-0.2, -0.15) is 11.8 Å². The molecule has 1 rings (SSSR count).